The minimum absolute atomic E-state index is 0.295. The molecule has 3 N–H and O–H groups in total. The molecule has 206 valence electrons. The van der Waals surface area contributed by atoms with Crippen LogP contribution in [0.4, 0.5) is 4.79 Å². The second-order valence-electron chi connectivity index (χ2n) is 12.2. The van der Waals surface area contributed by atoms with Crippen LogP contribution >= 0.6 is 0 Å². The largest absolute Gasteiger partial charge is 0.444 e. The Balaban J connectivity index is 1.49. The first-order chi connectivity index (χ1) is 18.8. The van der Waals surface area contributed by atoms with Crippen molar-refractivity contribution >= 4 is 16.9 Å². The molecule has 2 aromatic carbocycles. The van der Waals surface area contributed by atoms with Gasteiger partial charge in [0.15, 0.2) is 0 Å². The highest BCUT2D eigenvalue weighted by molar-refractivity contribution is 5.85. The van der Waals surface area contributed by atoms with E-state index < -0.39 is 11.7 Å². The molecule has 1 amide bonds. The van der Waals surface area contributed by atoms with E-state index in [1.165, 1.54) is 0 Å². The molecule has 0 aliphatic heterocycles. The lowest BCUT2D eigenvalue weighted by Gasteiger charge is -2.31. The second-order valence-corrected chi connectivity index (χ2v) is 12.2. The predicted octanol–water partition coefficient (Wildman–Crippen LogP) is 6.82. The van der Waals surface area contributed by atoms with Gasteiger partial charge in [-0.1, -0.05) is 58.6 Å². The van der Waals surface area contributed by atoms with Crippen molar-refractivity contribution in [1.82, 2.24) is 25.3 Å². The molecule has 1 atom stereocenters. The summed E-state index contributed by atoms with van der Waals surface area (Å²) in [6, 6.07) is 11.9. The summed E-state index contributed by atoms with van der Waals surface area (Å²) in [7, 11) is 0. The Morgan fingerprint density at radius 2 is 1.30 bits per heavy atom. The van der Waals surface area contributed by atoms with Gasteiger partial charge in [0.25, 0.3) is 0 Å². The number of nitrogens with one attached hydrogen (secondary N) is 3. The van der Waals surface area contributed by atoms with Crippen LogP contribution in [0.5, 0.6) is 0 Å². The number of hydrogen-bond donors (Lipinski definition) is 3. The van der Waals surface area contributed by atoms with Crippen LogP contribution in [0.1, 0.15) is 102 Å². The van der Waals surface area contributed by atoms with Gasteiger partial charge in [0, 0.05) is 17.0 Å². The Morgan fingerprint density at radius 3 is 1.75 bits per heavy atom. The van der Waals surface area contributed by atoms with Crippen LogP contribution in [0.25, 0.3) is 10.8 Å². The van der Waals surface area contributed by atoms with Crippen LogP contribution in [0.15, 0.2) is 48.8 Å². The van der Waals surface area contributed by atoms with Crippen molar-refractivity contribution in [2.75, 3.05) is 0 Å². The standard InChI is InChI=1S/C33H37N5O2/c1-21(2)29-34-19-26(36-29)15-11-22-9-13-25-18-23(10-14-24(25)17-22)12-16-27-20-35-30(37-27)28(32(3,4)5)38-31(39)40-33(6,7)8/h9-10,13-14,17-21,28H,1-8H3,(H,34,36)(H,35,37)(H,38,39)/t28-/m1/s1. The van der Waals surface area contributed by atoms with Gasteiger partial charge >= 0.3 is 6.09 Å². The lowest BCUT2D eigenvalue weighted by molar-refractivity contribution is 0.0458. The average Bonchev–Trinajstić information content (AvgIpc) is 3.53. The van der Waals surface area contributed by atoms with E-state index in [1.807, 2.05) is 53.7 Å². The van der Waals surface area contributed by atoms with Crippen molar-refractivity contribution < 1.29 is 9.53 Å². The van der Waals surface area contributed by atoms with Gasteiger partial charge in [0.2, 0.25) is 0 Å². The first kappa shape index (κ1) is 28.5. The smallest absolute Gasteiger partial charge is 0.408 e. The highest BCUT2D eigenvalue weighted by Crippen LogP contribution is 2.31. The number of aromatic amines is 2. The van der Waals surface area contributed by atoms with E-state index in [4.69, 9.17) is 4.74 Å². The molecule has 7 nitrogen and oxygen atoms in total. The first-order valence-corrected chi connectivity index (χ1v) is 13.4. The molecule has 0 radical (unpaired) electrons. The minimum atomic E-state index is -0.584. The Kier molecular flexibility index (Phi) is 8.07. The summed E-state index contributed by atoms with van der Waals surface area (Å²) in [5.41, 5.74) is 2.42. The molecule has 0 aliphatic carbocycles. The van der Waals surface area contributed by atoms with Crippen molar-refractivity contribution in [3.8, 4) is 23.7 Å². The SMILES string of the molecule is CC(C)c1ncc(C#Cc2ccc3cc(C#Cc4cnc([C@@H](NC(=O)OC(C)(C)C)C(C)(C)C)[nH]4)ccc3c2)[nH]1. The number of rotatable bonds is 3. The summed E-state index contributed by atoms with van der Waals surface area (Å²) in [5.74, 6) is 14.7. The Labute approximate surface area is 236 Å². The zero-order valence-electron chi connectivity index (χ0n) is 24.5. The summed E-state index contributed by atoms with van der Waals surface area (Å²) >= 11 is 0. The fraction of sp³-hybridized carbons (Fsp3) is 0.364. The molecule has 0 unspecified atom stereocenters. The number of hydrogen-bond acceptors (Lipinski definition) is 4. The fourth-order valence-corrected chi connectivity index (χ4v) is 4.04. The third-order valence-electron chi connectivity index (χ3n) is 6.06. The maximum absolute atomic E-state index is 12.4. The molecule has 0 bridgehead atoms. The van der Waals surface area contributed by atoms with Gasteiger partial charge in [-0.3, -0.25) is 0 Å². The average molecular weight is 536 g/mol. The number of H-pyrrole nitrogens is 2. The Hall–Kier alpha value is -4.49. The molecule has 40 heavy (non-hydrogen) atoms. The number of aromatic nitrogens is 4. The molecule has 2 aromatic heterocycles. The predicted molar refractivity (Wildman–Crippen MR) is 159 cm³/mol. The number of benzene rings is 2. The summed E-state index contributed by atoms with van der Waals surface area (Å²) in [6.45, 7) is 15.8. The molecule has 4 rings (SSSR count). The number of amides is 1. The lowest BCUT2D eigenvalue weighted by Crippen LogP contribution is -2.40. The van der Waals surface area contributed by atoms with Gasteiger partial charge in [-0.15, -0.1) is 0 Å². The van der Waals surface area contributed by atoms with Crippen LogP contribution in [-0.2, 0) is 4.74 Å². The quantitative estimate of drug-likeness (QED) is 0.251. The normalized spacial score (nSPS) is 12.3. The molecule has 0 aliphatic rings. The van der Waals surface area contributed by atoms with Crippen molar-refractivity contribution in [2.24, 2.45) is 5.41 Å². The molecule has 0 fully saturated rings. The van der Waals surface area contributed by atoms with Gasteiger partial charge in [-0.05, 0) is 73.1 Å². The number of fused-ring (bicyclic) bond motifs is 1. The Morgan fingerprint density at radius 1 is 0.800 bits per heavy atom. The van der Waals surface area contributed by atoms with E-state index >= 15 is 0 Å². The maximum atomic E-state index is 12.4. The Bertz CT molecular complexity index is 1640. The van der Waals surface area contributed by atoms with E-state index in [9.17, 15) is 4.79 Å². The number of carbonyl (C=O) groups excluding carboxylic acids is 1. The zero-order valence-corrected chi connectivity index (χ0v) is 24.5. The third kappa shape index (κ3) is 7.55. The molecule has 4 aromatic rings. The van der Waals surface area contributed by atoms with Gasteiger partial charge in [0.05, 0.1) is 18.4 Å². The lowest BCUT2D eigenvalue weighted by atomic mass is 9.86. The summed E-state index contributed by atoms with van der Waals surface area (Å²) in [6.07, 6.45) is 2.98. The van der Waals surface area contributed by atoms with Crippen molar-refractivity contribution in [3.63, 3.8) is 0 Å². The first-order valence-electron chi connectivity index (χ1n) is 13.4. The number of ether oxygens (including phenoxy) is 1. The van der Waals surface area contributed by atoms with E-state index in [0.717, 1.165) is 33.4 Å². The van der Waals surface area contributed by atoms with Gasteiger partial charge in [-0.2, -0.15) is 0 Å². The number of alkyl carbamates (subject to hydrolysis) is 1. The van der Waals surface area contributed by atoms with Crippen LogP contribution in [0.3, 0.4) is 0 Å². The van der Waals surface area contributed by atoms with Crippen molar-refractivity contribution in [1.29, 1.82) is 0 Å². The summed E-state index contributed by atoms with van der Waals surface area (Å²) in [5, 5.41) is 5.12. The molecule has 0 spiro atoms. The number of imidazole rings is 2. The zero-order chi connectivity index (χ0) is 29.1. The topological polar surface area (TPSA) is 95.7 Å². The van der Waals surface area contributed by atoms with Crippen LogP contribution < -0.4 is 5.32 Å². The molecule has 7 heteroatoms. The highest BCUT2D eigenvalue weighted by atomic mass is 16.6. The van der Waals surface area contributed by atoms with Crippen LogP contribution in [0, 0.1) is 29.1 Å². The van der Waals surface area contributed by atoms with Crippen LogP contribution in [-0.4, -0.2) is 31.6 Å². The maximum Gasteiger partial charge on any atom is 0.408 e. The van der Waals surface area contributed by atoms with Gasteiger partial charge in [-0.25, -0.2) is 14.8 Å². The van der Waals surface area contributed by atoms with E-state index in [1.54, 1.807) is 12.4 Å². The summed E-state index contributed by atoms with van der Waals surface area (Å²) in [4.78, 5) is 27.8. The van der Waals surface area contributed by atoms with Gasteiger partial charge < -0.3 is 20.0 Å². The highest BCUT2D eigenvalue weighted by Gasteiger charge is 2.31. The van der Waals surface area contributed by atoms with E-state index in [0.29, 0.717) is 17.4 Å². The second kappa shape index (κ2) is 11.3. The molecular formula is C33H37N5O2. The van der Waals surface area contributed by atoms with Crippen molar-refractivity contribution in [2.45, 2.75) is 73.0 Å². The van der Waals surface area contributed by atoms with E-state index in [-0.39, 0.29) is 11.5 Å². The minimum Gasteiger partial charge on any atom is -0.444 e. The van der Waals surface area contributed by atoms with Crippen LogP contribution in [0.2, 0.25) is 0 Å². The number of carbonyl (C=O) groups is 1. The molecule has 0 saturated carbocycles. The molecular weight excluding hydrogens is 498 g/mol. The summed E-state index contributed by atoms with van der Waals surface area (Å²) < 4.78 is 5.45. The fourth-order valence-electron chi connectivity index (χ4n) is 4.04. The number of nitrogens with zero attached hydrogens (tertiary/aromatic N) is 2. The van der Waals surface area contributed by atoms with Gasteiger partial charge in [0.1, 0.15) is 28.6 Å². The van der Waals surface area contributed by atoms with E-state index in [2.05, 4.69) is 87.0 Å². The molecule has 2 heterocycles. The third-order valence-corrected chi connectivity index (χ3v) is 6.06. The molecule has 0 saturated heterocycles. The van der Waals surface area contributed by atoms with Crippen molar-refractivity contribution in [3.05, 3.63) is 83.0 Å². The monoisotopic (exact) mass is 535 g/mol.